The van der Waals surface area contributed by atoms with Gasteiger partial charge in [0.2, 0.25) is 11.3 Å². The van der Waals surface area contributed by atoms with Gasteiger partial charge < -0.3 is 19.5 Å². The number of fused-ring (bicyclic) bond motifs is 1. The number of hydrogen-bond donors (Lipinski definition) is 1. The van der Waals surface area contributed by atoms with E-state index in [2.05, 4.69) is 4.98 Å². The molecule has 10 heteroatoms. The van der Waals surface area contributed by atoms with E-state index in [0.717, 1.165) is 10.4 Å². The number of amides is 2. The average molecular weight is 527 g/mol. The van der Waals surface area contributed by atoms with Gasteiger partial charge in [-0.15, -0.1) is 11.3 Å². The Labute approximate surface area is 219 Å². The minimum atomic E-state index is -0.652. The van der Waals surface area contributed by atoms with Gasteiger partial charge in [-0.1, -0.05) is 12.1 Å². The van der Waals surface area contributed by atoms with Crippen molar-refractivity contribution < 1.29 is 19.1 Å². The average Bonchev–Trinajstić information content (AvgIpc) is 3.31. The van der Waals surface area contributed by atoms with E-state index in [4.69, 9.17) is 0 Å². The molecule has 2 aromatic heterocycles. The van der Waals surface area contributed by atoms with Crippen molar-refractivity contribution in [1.29, 1.82) is 0 Å². The minimum absolute atomic E-state index is 0.0422. The summed E-state index contributed by atoms with van der Waals surface area (Å²) in [6.07, 6.45) is 4.32. The van der Waals surface area contributed by atoms with Crippen LogP contribution in [0.3, 0.4) is 0 Å². The van der Waals surface area contributed by atoms with Crippen molar-refractivity contribution in [2.75, 3.05) is 13.6 Å². The maximum absolute atomic E-state index is 13.3. The summed E-state index contributed by atoms with van der Waals surface area (Å²) in [6.45, 7) is 7.59. The molecule has 1 N–H and O–H groups in total. The Bertz CT molecular complexity index is 1380. The predicted molar refractivity (Wildman–Crippen MR) is 140 cm³/mol. The van der Waals surface area contributed by atoms with Gasteiger partial charge in [0, 0.05) is 56.3 Å². The SMILES string of the molecule is CC(=O)N(C)C(C)C[C@H]1CN(C(C)C)C(=O)c2c(O)c(=O)c(-c3ncc(Cc4ccc(F)cc4)s3)cn21. The number of carbonyl (C=O) groups is 2. The molecule has 1 aliphatic heterocycles. The summed E-state index contributed by atoms with van der Waals surface area (Å²) in [5.74, 6) is -1.38. The van der Waals surface area contributed by atoms with E-state index in [0.29, 0.717) is 24.4 Å². The Morgan fingerprint density at radius 2 is 1.92 bits per heavy atom. The molecule has 8 nitrogen and oxygen atoms in total. The van der Waals surface area contributed by atoms with Gasteiger partial charge in [-0.3, -0.25) is 14.4 Å². The number of benzene rings is 1. The van der Waals surface area contributed by atoms with E-state index < -0.39 is 17.1 Å². The van der Waals surface area contributed by atoms with Crippen LogP contribution in [-0.4, -0.2) is 61.9 Å². The lowest BCUT2D eigenvalue weighted by Crippen LogP contribution is -2.49. The highest BCUT2D eigenvalue weighted by Gasteiger charge is 2.37. The van der Waals surface area contributed by atoms with Crippen LogP contribution in [0.4, 0.5) is 4.39 Å². The summed E-state index contributed by atoms with van der Waals surface area (Å²) in [7, 11) is 1.73. The minimum Gasteiger partial charge on any atom is -0.503 e. The molecule has 4 rings (SSSR count). The van der Waals surface area contributed by atoms with E-state index in [-0.39, 0.29) is 41.1 Å². The molecule has 0 radical (unpaired) electrons. The summed E-state index contributed by atoms with van der Waals surface area (Å²) in [5, 5.41) is 11.4. The first-order chi connectivity index (χ1) is 17.5. The van der Waals surface area contributed by atoms with Gasteiger partial charge in [0.05, 0.1) is 11.6 Å². The van der Waals surface area contributed by atoms with Gasteiger partial charge in [-0.2, -0.15) is 0 Å². The van der Waals surface area contributed by atoms with E-state index >= 15 is 0 Å². The smallest absolute Gasteiger partial charge is 0.274 e. The number of pyridine rings is 1. The van der Waals surface area contributed by atoms with Crippen LogP contribution in [-0.2, 0) is 11.2 Å². The number of hydrogen-bond acceptors (Lipinski definition) is 6. The summed E-state index contributed by atoms with van der Waals surface area (Å²) in [4.78, 5) is 47.0. The second-order valence-electron chi connectivity index (χ2n) is 9.83. The van der Waals surface area contributed by atoms with Crippen molar-refractivity contribution >= 4 is 23.2 Å². The quantitative estimate of drug-likeness (QED) is 0.501. The van der Waals surface area contributed by atoms with Crippen molar-refractivity contribution in [3.63, 3.8) is 0 Å². The molecule has 1 aliphatic rings. The number of halogens is 1. The molecular weight excluding hydrogens is 495 g/mol. The molecule has 1 aromatic carbocycles. The molecule has 37 heavy (non-hydrogen) atoms. The van der Waals surface area contributed by atoms with Crippen molar-refractivity contribution in [2.24, 2.45) is 0 Å². The second-order valence-corrected chi connectivity index (χ2v) is 10.9. The molecule has 0 aliphatic carbocycles. The van der Waals surface area contributed by atoms with Crippen molar-refractivity contribution in [1.82, 2.24) is 19.4 Å². The van der Waals surface area contributed by atoms with Gasteiger partial charge in [0.15, 0.2) is 11.4 Å². The third-order valence-corrected chi connectivity index (χ3v) is 7.98. The van der Waals surface area contributed by atoms with E-state index in [9.17, 15) is 23.9 Å². The van der Waals surface area contributed by atoms with Crippen LogP contribution in [0.1, 0.15) is 61.1 Å². The highest BCUT2D eigenvalue weighted by molar-refractivity contribution is 7.15. The van der Waals surface area contributed by atoms with Crippen LogP contribution in [0, 0.1) is 5.82 Å². The van der Waals surface area contributed by atoms with Crippen LogP contribution in [0.2, 0.25) is 0 Å². The summed E-state index contributed by atoms with van der Waals surface area (Å²) >= 11 is 1.31. The number of aromatic hydroxyl groups is 1. The zero-order valence-corrected chi connectivity index (χ0v) is 22.4. The number of aromatic nitrogens is 2. The molecule has 0 saturated heterocycles. The summed E-state index contributed by atoms with van der Waals surface area (Å²) < 4.78 is 14.9. The first-order valence-electron chi connectivity index (χ1n) is 12.2. The van der Waals surface area contributed by atoms with Crippen LogP contribution in [0.25, 0.3) is 10.6 Å². The number of carbonyl (C=O) groups excluding carboxylic acids is 2. The predicted octanol–water partition coefficient (Wildman–Crippen LogP) is 4.07. The maximum Gasteiger partial charge on any atom is 0.274 e. The van der Waals surface area contributed by atoms with Gasteiger partial charge in [0.25, 0.3) is 5.91 Å². The number of nitrogens with zero attached hydrogens (tertiary/aromatic N) is 4. The lowest BCUT2D eigenvalue weighted by Gasteiger charge is -2.40. The fraction of sp³-hybridized carbons (Fsp3) is 0.407. The third-order valence-electron chi connectivity index (χ3n) is 6.94. The molecule has 196 valence electrons. The zero-order valence-electron chi connectivity index (χ0n) is 21.6. The maximum atomic E-state index is 13.3. The molecule has 2 amide bonds. The number of rotatable bonds is 7. The van der Waals surface area contributed by atoms with Gasteiger partial charge in [0.1, 0.15) is 10.8 Å². The van der Waals surface area contributed by atoms with Crippen molar-refractivity contribution in [3.8, 4) is 16.3 Å². The van der Waals surface area contributed by atoms with Crippen LogP contribution < -0.4 is 5.43 Å². The van der Waals surface area contributed by atoms with Crippen molar-refractivity contribution in [2.45, 2.75) is 58.7 Å². The lowest BCUT2D eigenvalue weighted by atomic mass is 10.0. The molecule has 0 saturated carbocycles. The molecule has 1 unspecified atom stereocenters. The fourth-order valence-corrected chi connectivity index (χ4v) is 5.57. The van der Waals surface area contributed by atoms with E-state index in [1.54, 1.807) is 45.9 Å². The third kappa shape index (κ3) is 5.29. The van der Waals surface area contributed by atoms with Crippen LogP contribution in [0.5, 0.6) is 5.75 Å². The molecule has 0 bridgehead atoms. The Balaban J connectivity index is 1.75. The highest BCUT2D eigenvalue weighted by Crippen LogP contribution is 2.34. The summed E-state index contributed by atoms with van der Waals surface area (Å²) in [5.41, 5.74) is 0.421. The first kappa shape index (κ1) is 26.5. The number of thiazole rings is 1. The Morgan fingerprint density at radius 3 is 2.54 bits per heavy atom. The normalized spacial score (nSPS) is 16.1. The molecular formula is C27H31FN4O4S. The Hall–Kier alpha value is -3.53. The largest absolute Gasteiger partial charge is 0.503 e. The Kier molecular flexibility index (Phi) is 7.49. The van der Waals surface area contributed by atoms with E-state index in [1.807, 2.05) is 20.8 Å². The molecule has 3 heterocycles. The zero-order chi connectivity index (χ0) is 27.0. The lowest BCUT2D eigenvalue weighted by molar-refractivity contribution is -0.129. The van der Waals surface area contributed by atoms with Crippen LogP contribution >= 0.6 is 11.3 Å². The standard InChI is InChI=1S/C27H31FN4O4S/c1-15(2)31-13-20(10-16(3)30(5)17(4)33)32-14-22(24(34)25(35)23(32)27(31)36)26-29-12-21(37-26)11-18-6-8-19(28)9-7-18/h6-9,12,14-16,20,35H,10-11,13H2,1-5H3/t16?,20-/m0/s1. The van der Waals surface area contributed by atoms with Gasteiger partial charge in [-0.25, -0.2) is 9.37 Å². The summed E-state index contributed by atoms with van der Waals surface area (Å²) in [6, 6.07) is 5.65. The molecule has 0 spiro atoms. The highest BCUT2D eigenvalue weighted by atomic mass is 32.1. The first-order valence-corrected chi connectivity index (χ1v) is 13.0. The van der Waals surface area contributed by atoms with Crippen LogP contribution in [0.15, 0.2) is 41.5 Å². The van der Waals surface area contributed by atoms with E-state index in [1.165, 1.54) is 30.4 Å². The molecule has 0 fully saturated rings. The molecule has 2 atom stereocenters. The van der Waals surface area contributed by atoms with Crippen molar-refractivity contribution in [3.05, 3.63) is 68.8 Å². The van der Waals surface area contributed by atoms with Gasteiger partial charge >= 0.3 is 0 Å². The molecule has 3 aromatic rings. The van der Waals surface area contributed by atoms with Gasteiger partial charge in [-0.05, 0) is 44.9 Å². The Morgan fingerprint density at radius 1 is 1.24 bits per heavy atom. The topological polar surface area (TPSA) is 95.7 Å². The fourth-order valence-electron chi connectivity index (χ4n) is 4.62. The second kappa shape index (κ2) is 10.5. The monoisotopic (exact) mass is 526 g/mol.